The lowest BCUT2D eigenvalue weighted by atomic mass is 9.85. The number of para-hydroxylation sites is 1. The van der Waals surface area contributed by atoms with Gasteiger partial charge in [0.2, 0.25) is 0 Å². The van der Waals surface area contributed by atoms with Gasteiger partial charge in [-0.05, 0) is 56.2 Å². The molecule has 0 radical (unpaired) electrons. The summed E-state index contributed by atoms with van der Waals surface area (Å²) in [6.07, 6.45) is 2.09. The summed E-state index contributed by atoms with van der Waals surface area (Å²) in [6, 6.07) is 15.0. The highest BCUT2D eigenvalue weighted by atomic mass is 19.1. The number of phenolic OH excluding ortho intramolecular Hbond substituents is 1. The number of allylic oxidation sites excluding steroid dienone is 1. The average molecular weight is 462 g/mol. The molecule has 2 N–H and O–H groups in total. The number of esters is 1. The lowest BCUT2D eigenvalue weighted by molar-refractivity contribution is -0.144. The van der Waals surface area contributed by atoms with Gasteiger partial charge in [0.15, 0.2) is 0 Å². The molecule has 0 atom stereocenters. The number of benzene rings is 3. The number of rotatable bonds is 6. The van der Waals surface area contributed by atoms with Gasteiger partial charge < -0.3 is 19.9 Å². The predicted molar refractivity (Wildman–Crippen MR) is 131 cm³/mol. The quantitative estimate of drug-likeness (QED) is 0.434. The van der Waals surface area contributed by atoms with E-state index in [1.54, 1.807) is 24.3 Å². The van der Waals surface area contributed by atoms with Gasteiger partial charge >= 0.3 is 5.97 Å². The Labute approximate surface area is 198 Å². The molecule has 0 fully saturated rings. The van der Waals surface area contributed by atoms with E-state index in [2.05, 4.69) is 25.2 Å². The van der Waals surface area contributed by atoms with E-state index in [9.17, 15) is 14.3 Å². The third kappa shape index (κ3) is 4.76. The van der Waals surface area contributed by atoms with Crippen LogP contribution < -0.4 is 10.1 Å². The van der Waals surface area contributed by atoms with Crippen LogP contribution in [0.4, 0.5) is 10.1 Å². The maximum Gasteiger partial charge on any atom is 0.310 e. The van der Waals surface area contributed by atoms with Crippen molar-refractivity contribution in [3.05, 3.63) is 83.2 Å². The monoisotopic (exact) mass is 461 g/mol. The summed E-state index contributed by atoms with van der Waals surface area (Å²) in [5.41, 5.74) is 5.49. The number of hydrogen-bond donors (Lipinski definition) is 2. The van der Waals surface area contributed by atoms with E-state index in [4.69, 9.17) is 9.47 Å². The first-order valence-corrected chi connectivity index (χ1v) is 11.1. The highest BCUT2D eigenvalue weighted by Gasteiger charge is 2.27. The van der Waals surface area contributed by atoms with Gasteiger partial charge in [-0.2, -0.15) is 0 Å². The van der Waals surface area contributed by atoms with Crippen LogP contribution in [0.2, 0.25) is 0 Å². The maximum absolute atomic E-state index is 13.9. The molecule has 4 rings (SSSR count). The van der Waals surface area contributed by atoms with Crippen molar-refractivity contribution < 1.29 is 23.8 Å². The van der Waals surface area contributed by atoms with E-state index >= 15 is 0 Å². The van der Waals surface area contributed by atoms with Gasteiger partial charge in [0.05, 0.1) is 19.1 Å². The van der Waals surface area contributed by atoms with E-state index in [0.717, 1.165) is 28.0 Å². The molecule has 3 aromatic carbocycles. The molecular weight excluding hydrogens is 433 g/mol. The summed E-state index contributed by atoms with van der Waals surface area (Å²) in [5.74, 6) is -0.401. The van der Waals surface area contributed by atoms with Gasteiger partial charge in [0.25, 0.3) is 0 Å². The molecular formula is C28H28FNO4. The molecule has 176 valence electrons. The molecule has 1 heterocycles. The van der Waals surface area contributed by atoms with Gasteiger partial charge in [-0.25, -0.2) is 4.39 Å². The van der Waals surface area contributed by atoms with E-state index in [1.807, 2.05) is 19.1 Å². The number of phenols is 1. The molecule has 0 amide bonds. The minimum atomic E-state index is -0.457. The predicted octanol–water partition coefficient (Wildman–Crippen LogP) is 6.10. The molecule has 1 aliphatic rings. The number of fused-ring (bicyclic) bond motifs is 1. The fraction of sp³-hybridized carbons (Fsp3) is 0.250. The van der Waals surface area contributed by atoms with Gasteiger partial charge in [0.1, 0.15) is 23.9 Å². The van der Waals surface area contributed by atoms with Crippen LogP contribution in [0, 0.1) is 5.82 Å². The summed E-state index contributed by atoms with van der Waals surface area (Å²) in [7, 11) is 1.50. The van der Waals surface area contributed by atoms with Crippen LogP contribution in [-0.2, 0) is 22.6 Å². The zero-order valence-corrected chi connectivity index (χ0v) is 19.7. The third-order valence-corrected chi connectivity index (χ3v) is 5.90. The standard InChI is InChI=1S/C28H28FNO4/c1-17-15-28(2,3)30-23-12-11-20(21-10-9-19(29)14-25(21)33-4)22(27(17)23)16-34-26(32)13-18-7-5-6-8-24(18)31/h5-12,14-15,30-31H,13,16H2,1-4H3. The number of halogens is 1. The van der Waals surface area contributed by atoms with Crippen LogP contribution in [0.3, 0.4) is 0 Å². The summed E-state index contributed by atoms with van der Waals surface area (Å²) >= 11 is 0. The molecule has 3 aromatic rings. The van der Waals surface area contributed by atoms with Crippen molar-refractivity contribution in [2.24, 2.45) is 0 Å². The number of carbonyl (C=O) groups is 1. The Kier molecular flexibility index (Phi) is 6.33. The van der Waals surface area contributed by atoms with Crippen LogP contribution >= 0.6 is 0 Å². The van der Waals surface area contributed by atoms with E-state index in [0.29, 0.717) is 16.9 Å². The molecule has 0 saturated carbocycles. The number of aromatic hydroxyl groups is 1. The number of methoxy groups -OCH3 is 1. The van der Waals surface area contributed by atoms with E-state index < -0.39 is 11.8 Å². The largest absolute Gasteiger partial charge is 0.508 e. The summed E-state index contributed by atoms with van der Waals surface area (Å²) in [5, 5.41) is 13.5. The lowest BCUT2D eigenvalue weighted by Crippen LogP contribution is -2.32. The lowest BCUT2D eigenvalue weighted by Gasteiger charge is -2.33. The second-order valence-electron chi connectivity index (χ2n) is 9.00. The average Bonchev–Trinajstić information content (AvgIpc) is 2.78. The van der Waals surface area contributed by atoms with Crippen molar-refractivity contribution in [2.45, 2.75) is 39.3 Å². The Bertz CT molecular complexity index is 1280. The second-order valence-corrected chi connectivity index (χ2v) is 9.00. The molecule has 0 aromatic heterocycles. The first-order chi connectivity index (χ1) is 16.2. The zero-order valence-electron chi connectivity index (χ0n) is 19.7. The molecule has 34 heavy (non-hydrogen) atoms. The second kappa shape index (κ2) is 9.21. The topological polar surface area (TPSA) is 67.8 Å². The Hall–Kier alpha value is -3.80. The number of nitrogens with one attached hydrogen (secondary N) is 1. The van der Waals surface area contributed by atoms with Gasteiger partial charge in [-0.3, -0.25) is 4.79 Å². The van der Waals surface area contributed by atoms with Gasteiger partial charge in [-0.1, -0.05) is 30.3 Å². The van der Waals surface area contributed by atoms with Crippen LogP contribution in [0.15, 0.2) is 60.7 Å². The van der Waals surface area contributed by atoms with Crippen LogP contribution in [0.1, 0.15) is 37.5 Å². The normalized spacial score (nSPS) is 14.0. The molecule has 0 unspecified atom stereocenters. The van der Waals surface area contributed by atoms with E-state index in [-0.39, 0.29) is 24.3 Å². The van der Waals surface area contributed by atoms with Crippen LogP contribution in [0.5, 0.6) is 11.5 Å². The van der Waals surface area contributed by atoms with Crippen molar-refractivity contribution in [1.29, 1.82) is 0 Å². The summed E-state index contributed by atoms with van der Waals surface area (Å²) < 4.78 is 25.0. The Balaban J connectivity index is 1.75. The van der Waals surface area contributed by atoms with Crippen LogP contribution in [-0.4, -0.2) is 23.7 Å². The maximum atomic E-state index is 13.9. The van der Waals surface area contributed by atoms with Crippen molar-refractivity contribution in [3.8, 4) is 22.6 Å². The Morgan fingerprint density at radius 1 is 1.09 bits per heavy atom. The zero-order chi connectivity index (χ0) is 24.5. The first-order valence-electron chi connectivity index (χ1n) is 11.1. The fourth-order valence-electron chi connectivity index (χ4n) is 4.51. The Morgan fingerprint density at radius 2 is 1.82 bits per heavy atom. The SMILES string of the molecule is COc1cc(F)ccc1-c1ccc2c(c1COC(=O)Cc1ccccc1O)C(C)=CC(C)(C)N2. The van der Waals surface area contributed by atoms with Gasteiger partial charge in [0, 0.05) is 34.0 Å². The molecule has 0 bridgehead atoms. The minimum Gasteiger partial charge on any atom is -0.508 e. The summed E-state index contributed by atoms with van der Waals surface area (Å²) in [6.45, 7) is 6.21. The number of carbonyl (C=O) groups excluding carboxylic acids is 1. The number of hydrogen-bond acceptors (Lipinski definition) is 5. The molecule has 0 aliphatic carbocycles. The molecule has 0 spiro atoms. The minimum absolute atomic E-state index is 0.0127. The third-order valence-electron chi connectivity index (χ3n) is 5.90. The number of ether oxygens (including phenoxy) is 2. The van der Waals surface area contributed by atoms with Crippen molar-refractivity contribution in [1.82, 2.24) is 0 Å². The smallest absolute Gasteiger partial charge is 0.310 e. The molecule has 1 aliphatic heterocycles. The van der Waals surface area contributed by atoms with Crippen molar-refractivity contribution in [3.63, 3.8) is 0 Å². The molecule has 0 saturated heterocycles. The molecule has 6 heteroatoms. The highest BCUT2D eigenvalue weighted by molar-refractivity contribution is 5.88. The van der Waals surface area contributed by atoms with Crippen molar-refractivity contribution >= 4 is 17.2 Å². The van der Waals surface area contributed by atoms with E-state index in [1.165, 1.54) is 25.3 Å². The van der Waals surface area contributed by atoms with Gasteiger partial charge in [-0.15, -0.1) is 0 Å². The fourth-order valence-corrected chi connectivity index (χ4v) is 4.51. The Morgan fingerprint density at radius 3 is 2.56 bits per heavy atom. The first kappa shape index (κ1) is 23.4. The number of anilines is 1. The van der Waals surface area contributed by atoms with Crippen molar-refractivity contribution in [2.75, 3.05) is 12.4 Å². The van der Waals surface area contributed by atoms with Crippen LogP contribution in [0.25, 0.3) is 16.7 Å². The highest BCUT2D eigenvalue weighted by Crippen LogP contribution is 2.42. The molecule has 5 nitrogen and oxygen atoms in total. The summed E-state index contributed by atoms with van der Waals surface area (Å²) in [4.78, 5) is 12.7.